The van der Waals surface area contributed by atoms with Crippen LogP contribution in [0.4, 0.5) is 0 Å². The van der Waals surface area contributed by atoms with E-state index in [0.717, 1.165) is 11.8 Å². The summed E-state index contributed by atoms with van der Waals surface area (Å²) in [5.74, 6) is 2.54. The molecule has 0 heterocycles. The van der Waals surface area contributed by atoms with Crippen molar-refractivity contribution in [2.45, 2.75) is 54.9 Å². The summed E-state index contributed by atoms with van der Waals surface area (Å²) in [5, 5.41) is 0. The van der Waals surface area contributed by atoms with Crippen LogP contribution in [0.2, 0.25) is 0 Å². The Labute approximate surface area is 128 Å². The lowest BCUT2D eigenvalue weighted by atomic mass is 9.98. The molecule has 0 aromatic rings. The smallest absolute Gasteiger partial charge is 0.0206 e. The Morgan fingerprint density at radius 3 is 1.74 bits per heavy atom. The standard InChI is InChI=1S/C11H20.C6H12.CH4S/c1-6-8(3)10-9(7-2)11(10,4)5;1-5-6(2,3)4;1-2/h6,8-10H,1,7H2,2-5H3;5H,1H2,2-4H3;2H,1H3. The van der Waals surface area contributed by atoms with Crippen LogP contribution in [0.15, 0.2) is 25.3 Å². The van der Waals surface area contributed by atoms with Crippen molar-refractivity contribution in [3.8, 4) is 0 Å². The van der Waals surface area contributed by atoms with Gasteiger partial charge in [-0.1, -0.05) is 67.0 Å². The minimum Gasteiger partial charge on any atom is -0.183 e. The van der Waals surface area contributed by atoms with E-state index in [0.29, 0.717) is 16.7 Å². The summed E-state index contributed by atoms with van der Waals surface area (Å²) in [5.41, 5.74) is 0.891. The first-order valence-electron chi connectivity index (χ1n) is 7.32. The van der Waals surface area contributed by atoms with Crippen molar-refractivity contribution < 1.29 is 0 Å². The second-order valence-electron chi connectivity index (χ2n) is 7.03. The molecule has 0 spiro atoms. The van der Waals surface area contributed by atoms with Crippen molar-refractivity contribution in [1.29, 1.82) is 0 Å². The van der Waals surface area contributed by atoms with E-state index in [1.807, 2.05) is 6.08 Å². The molecule has 1 heteroatoms. The Bertz CT molecular complexity index is 257. The van der Waals surface area contributed by atoms with Crippen molar-refractivity contribution in [2.75, 3.05) is 6.26 Å². The molecular weight excluding hydrogens is 248 g/mol. The van der Waals surface area contributed by atoms with E-state index < -0.39 is 0 Å². The van der Waals surface area contributed by atoms with Gasteiger partial charge in [0.15, 0.2) is 0 Å². The summed E-state index contributed by atoms with van der Waals surface area (Å²) in [6.45, 7) is 23.2. The summed E-state index contributed by atoms with van der Waals surface area (Å²) in [6, 6.07) is 0. The van der Waals surface area contributed by atoms with Crippen LogP contribution in [0.25, 0.3) is 0 Å². The maximum absolute atomic E-state index is 3.86. The molecule has 1 rings (SSSR count). The Hall–Kier alpha value is -0.170. The highest BCUT2D eigenvalue weighted by atomic mass is 32.1. The van der Waals surface area contributed by atoms with Crippen LogP contribution < -0.4 is 0 Å². The van der Waals surface area contributed by atoms with Gasteiger partial charge < -0.3 is 0 Å². The van der Waals surface area contributed by atoms with Crippen LogP contribution in [0.5, 0.6) is 0 Å². The number of hydrogen-bond donors (Lipinski definition) is 1. The molecule has 0 nitrogen and oxygen atoms in total. The Kier molecular flexibility index (Phi) is 9.89. The molecule has 0 aromatic heterocycles. The summed E-state index contributed by atoms with van der Waals surface area (Å²) in [7, 11) is 0. The first-order chi connectivity index (χ1) is 8.61. The fourth-order valence-electron chi connectivity index (χ4n) is 2.76. The first kappa shape index (κ1) is 21.1. The lowest BCUT2D eigenvalue weighted by molar-refractivity contribution is 0.483. The van der Waals surface area contributed by atoms with Crippen molar-refractivity contribution in [1.82, 2.24) is 0 Å². The third kappa shape index (κ3) is 7.25. The minimum absolute atomic E-state index is 0.306. The molecule has 0 aliphatic heterocycles. The number of thiol groups is 1. The highest BCUT2D eigenvalue weighted by Crippen LogP contribution is 2.63. The second-order valence-corrected chi connectivity index (χ2v) is 7.03. The van der Waals surface area contributed by atoms with Gasteiger partial charge in [0.2, 0.25) is 0 Å². The molecule has 1 aliphatic rings. The maximum Gasteiger partial charge on any atom is -0.0206 e. The topological polar surface area (TPSA) is 0 Å². The molecular formula is C18H36S. The Balaban J connectivity index is 0. The molecule has 0 radical (unpaired) electrons. The lowest BCUT2D eigenvalue weighted by Gasteiger charge is -2.08. The highest BCUT2D eigenvalue weighted by molar-refractivity contribution is 7.79. The van der Waals surface area contributed by atoms with Gasteiger partial charge in [0.25, 0.3) is 0 Å². The van der Waals surface area contributed by atoms with Crippen LogP contribution in [0.3, 0.4) is 0 Å². The summed E-state index contributed by atoms with van der Waals surface area (Å²) in [4.78, 5) is 0. The molecule has 19 heavy (non-hydrogen) atoms. The zero-order valence-electron chi connectivity index (χ0n) is 14.5. The molecule has 0 N–H and O–H groups in total. The average Bonchev–Trinajstić information content (AvgIpc) is 2.92. The zero-order chi connectivity index (χ0) is 15.9. The second kappa shape index (κ2) is 8.89. The van der Waals surface area contributed by atoms with Gasteiger partial charge in [-0.05, 0) is 34.8 Å². The molecule has 114 valence electrons. The fraction of sp³-hybridized carbons (Fsp3) is 0.778. The van der Waals surface area contributed by atoms with Crippen molar-refractivity contribution in [2.24, 2.45) is 28.6 Å². The van der Waals surface area contributed by atoms with E-state index in [1.165, 1.54) is 6.42 Å². The zero-order valence-corrected chi connectivity index (χ0v) is 15.3. The monoisotopic (exact) mass is 284 g/mol. The minimum atomic E-state index is 0.306. The Morgan fingerprint density at radius 1 is 1.21 bits per heavy atom. The first-order valence-corrected chi connectivity index (χ1v) is 8.22. The molecule has 3 atom stereocenters. The third-order valence-electron chi connectivity index (χ3n) is 4.13. The molecule has 0 bridgehead atoms. The molecule has 0 amide bonds. The van der Waals surface area contributed by atoms with Gasteiger partial charge in [0.05, 0.1) is 0 Å². The van der Waals surface area contributed by atoms with Crippen molar-refractivity contribution in [3.05, 3.63) is 25.3 Å². The van der Waals surface area contributed by atoms with Gasteiger partial charge in [-0.25, -0.2) is 0 Å². The van der Waals surface area contributed by atoms with Crippen LogP contribution in [0.1, 0.15) is 54.9 Å². The van der Waals surface area contributed by atoms with E-state index in [1.54, 1.807) is 6.26 Å². The van der Waals surface area contributed by atoms with Crippen LogP contribution in [-0.2, 0) is 0 Å². The van der Waals surface area contributed by atoms with E-state index in [9.17, 15) is 0 Å². The van der Waals surface area contributed by atoms with Gasteiger partial charge in [-0.15, -0.1) is 13.2 Å². The maximum atomic E-state index is 3.86. The molecule has 1 fully saturated rings. The summed E-state index contributed by atoms with van der Waals surface area (Å²) < 4.78 is 0. The van der Waals surface area contributed by atoms with Gasteiger partial charge in [0, 0.05) is 0 Å². The SMILES string of the molecule is C=CC(C)(C)C.C=CC(C)C1C(CC)C1(C)C.CS. The quantitative estimate of drug-likeness (QED) is 0.459. The van der Waals surface area contributed by atoms with Gasteiger partial charge >= 0.3 is 0 Å². The van der Waals surface area contributed by atoms with Gasteiger partial charge in [0.1, 0.15) is 0 Å². The average molecular weight is 285 g/mol. The third-order valence-corrected chi connectivity index (χ3v) is 4.13. The molecule has 3 unspecified atom stereocenters. The van der Waals surface area contributed by atoms with E-state index in [4.69, 9.17) is 0 Å². The fourth-order valence-corrected chi connectivity index (χ4v) is 2.76. The number of allylic oxidation sites excluding steroid dienone is 2. The van der Waals surface area contributed by atoms with Gasteiger partial charge in [-0.2, -0.15) is 12.6 Å². The summed E-state index contributed by atoms with van der Waals surface area (Å²) >= 11 is 3.53. The van der Waals surface area contributed by atoms with Crippen LogP contribution in [0, 0.1) is 28.6 Å². The molecule has 1 aliphatic carbocycles. The number of rotatable bonds is 3. The van der Waals surface area contributed by atoms with E-state index >= 15 is 0 Å². The molecule has 1 saturated carbocycles. The predicted octanol–water partition coefficient (Wildman–Crippen LogP) is 6.26. The summed E-state index contributed by atoms with van der Waals surface area (Å²) in [6.07, 6.45) is 7.06. The van der Waals surface area contributed by atoms with Crippen molar-refractivity contribution >= 4 is 12.6 Å². The highest BCUT2D eigenvalue weighted by Gasteiger charge is 2.57. The van der Waals surface area contributed by atoms with Gasteiger partial charge in [-0.3, -0.25) is 0 Å². The molecule has 0 saturated heterocycles. The van der Waals surface area contributed by atoms with E-state index in [2.05, 4.69) is 80.3 Å². The predicted molar refractivity (Wildman–Crippen MR) is 95.0 cm³/mol. The van der Waals surface area contributed by atoms with Crippen LogP contribution in [-0.4, -0.2) is 6.26 Å². The lowest BCUT2D eigenvalue weighted by Crippen LogP contribution is -1.98. The van der Waals surface area contributed by atoms with Crippen molar-refractivity contribution in [3.63, 3.8) is 0 Å². The van der Waals surface area contributed by atoms with Crippen LogP contribution >= 0.6 is 12.6 Å². The Morgan fingerprint density at radius 2 is 1.58 bits per heavy atom. The molecule has 0 aromatic carbocycles. The normalized spacial score (nSPS) is 24.9. The largest absolute Gasteiger partial charge is 0.183 e. The number of hydrogen-bond acceptors (Lipinski definition) is 1. The van der Waals surface area contributed by atoms with E-state index in [-0.39, 0.29) is 0 Å².